The highest BCUT2D eigenvalue weighted by Crippen LogP contribution is 2.48. The molecule has 1 nitrogen and oxygen atoms in total. The van der Waals surface area contributed by atoms with Crippen LogP contribution >= 0.6 is 11.3 Å². The number of aryl methyl sites for hydroxylation is 1. The van der Waals surface area contributed by atoms with Crippen molar-refractivity contribution in [3.63, 3.8) is 0 Å². The first kappa shape index (κ1) is 20.3. The molecular formula is C30H25NS. The highest BCUT2D eigenvalue weighted by atomic mass is 32.1. The van der Waals surface area contributed by atoms with Crippen LogP contribution in [0.4, 0.5) is 0 Å². The summed E-state index contributed by atoms with van der Waals surface area (Å²) in [5.41, 5.74) is 5.72. The summed E-state index contributed by atoms with van der Waals surface area (Å²) >= 11 is 1.89. The van der Waals surface area contributed by atoms with E-state index in [2.05, 4.69) is 91.9 Å². The quantitative estimate of drug-likeness (QED) is 0.244. The molecule has 32 heavy (non-hydrogen) atoms. The van der Waals surface area contributed by atoms with Crippen molar-refractivity contribution in [1.29, 1.82) is 0 Å². The number of rotatable bonds is 5. The van der Waals surface area contributed by atoms with Crippen molar-refractivity contribution in [1.82, 2.24) is 4.57 Å². The van der Waals surface area contributed by atoms with Crippen LogP contribution in [0.2, 0.25) is 0 Å². The lowest BCUT2D eigenvalue weighted by molar-refractivity contribution is 1.16. The van der Waals surface area contributed by atoms with Gasteiger partial charge in [-0.3, -0.25) is 0 Å². The zero-order chi connectivity index (χ0) is 22.4. The van der Waals surface area contributed by atoms with Gasteiger partial charge in [0.15, 0.2) is 0 Å². The molecule has 0 radical (unpaired) electrons. The average Bonchev–Trinajstić information content (AvgIpc) is 3.35. The van der Waals surface area contributed by atoms with E-state index >= 15 is 0 Å². The molecule has 0 aliphatic rings. The van der Waals surface area contributed by atoms with E-state index in [-0.39, 0.29) is 0 Å². The number of thiophene rings is 1. The molecule has 0 unspecified atom stereocenters. The predicted molar refractivity (Wildman–Crippen MR) is 147 cm³/mol. The van der Waals surface area contributed by atoms with Gasteiger partial charge in [0.05, 0.1) is 11.2 Å². The van der Waals surface area contributed by atoms with Crippen molar-refractivity contribution in [3.8, 4) is 0 Å². The zero-order valence-electron chi connectivity index (χ0n) is 18.5. The Hall–Kier alpha value is -3.62. The predicted octanol–water partition coefficient (Wildman–Crippen LogP) is 9.36. The number of nitrogens with zero attached hydrogens (tertiary/aromatic N) is 1. The molecule has 5 rings (SSSR count). The van der Waals surface area contributed by atoms with E-state index in [1.54, 1.807) is 0 Å². The maximum absolute atomic E-state index is 4.19. The molecule has 0 atom stereocenters. The third-order valence-electron chi connectivity index (χ3n) is 6.12. The summed E-state index contributed by atoms with van der Waals surface area (Å²) in [6, 6.07) is 15.3. The van der Waals surface area contributed by atoms with Gasteiger partial charge in [-0.2, -0.15) is 0 Å². The lowest BCUT2D eigenvalue weighted by atomic mass is 9.98. The summed E-state index contributed by atoms with van der Waals surface area (Å²) in [5, 5.41) is 6.34. The van der Waals surface area contributed by atoms with E-state index in [0.29, 0.717) is 0 Å². The summed E-state index contributed by atoms with van der Waals surface area (Å²) < 4.78 is 4.99. The van der Waals surface area contributed by atoms with E-state index in [9.17, 15) is 0 Å². The smallest absolute Gasteiger partial charge is 0.0640 e. The molecular weight excluding hydrogens is 406 g/mol. The second-order valence-electron chi connectivity index (χ2n) is 7.90. The zero-order valence-corrected chi connectivity index (χ0v) is 19.3. The fourth-order valence-corrected chi connectivity index (χ4v) is 6.18. The van der Waals surface area contributed by atoms with Gasteiger partial charge in [-0.15, -0.1) is 11.3 Å². The minimum absolute atomic E-state index is 1.05. The van der Waals surface area contributed by atoms with Crippen molar-refractivity contribution in [2.45, 2.75) is 13.8 Å². The number of benzene rings is 3. The van der Waals surface area contributed by atoms with Crippen molar-refractivity contribution in [3.05, 3.63) is 103 Å². The molecule has 5 aromatic rings. The average molecular weight is 432 g/mol. The van der Waals surface area contributed by atoms with E-state index in [4.69, 9.17) is 0 Å². The van der Waals surface area contributed by atoms with E-state index in [0.717, 1.165) is 17.0 Å². The summed E-state index contributed by atoms with van der Waals surface area (Å²) in [7, 11) is 0. The molecule has 2 heterocycles. The highest BCUT2D eigenvalue weighted by Gasteiger charge is 2.23. The second-order valence-corrected chi connectivity index (χ2v) is 8.92. The second kappa shape index (κ2) is 7.81. The van der Waals surface area contributed by atoms with Crippen LogP contribution in [0.1, 0.15) is 23.7 Å². The van der Waals surface area contributed by atoms with Gasteiger partial charge in [0.25, 0.3) is 0 Å². The lowest BCUT2D eigenvalue weighted by Gasteiger charge is -2.12. The Kier molecular flexibility index (Phi) is 4.96. The SMILES string of the molecule is C=C/C=C(\C=C/C)n1c(C=C)c(C=C)c2c3ccccc3c3sc4c(C)cccc4c3c21. The van der Waals surface area contributed by atoms with Crippen LogP contribution in [-0.2, 0) is 0 Å². The van der Waals surface area contributed by atoms with Crippen molar-refractivity contribution < 1.29 is 0 Å². The van der Waals surface area contributed by atoms with Crippen molar-refractivity contribution in [2.24, 2.45) is 0 Å². The molecule has 0 amide bonds. The molecule has 0 aliphatic carbocycles. The van der Waals surface area contributed by atoms with Gasteiger partial charge in [0.1, 0.15) is 0 Å². The molecule has 0 bridgehead atoms. The van der Waals surface area contributed by atoms with Crippen LogP contribution in [0.3, 0.4) is 0 Å². The van der Waals surface area contributed by atoms with Gasteiger partial charge >= 0.3 is 0 Å². The third-order valence-corrected chi connectivity index (χ3v) is 7.49. The Balaban J connectivity index is 2.23. The van der Waals surface area contributed by atoms with Crippen molar-refractivity contribution in [2.75, 3.05) is 0 Å². The molecule has 0 saturated heterocycles. The number of hydrogen-bond donors (Lipinski definition) is 0. The molecule has 0 saturated carbocycles. The monoisotopic (exact) mass is 431 g/mol. The molecule has 156 valence electrons. The molecule has 0 aliphatic heterocycles. The minimum Gasteiger partial charge on any atom is -0.309 e. The van der Waals surface area contributed by atoms with Gasteiger partial charge in [0.2, 0.25) is 0 Å². The number of hydrogen-bond acceptors (Lipinski definition) is 1. The van der Waals surface area contributed by atoms with Crippen LogP contribution in [0.25, 0.3) is 59.7 Å². The van der Waals surface area contributed by atoms with Crippen LogP contribution in [-0.4, -0.2) is 4.57 Å². The van der Waals surface area contributed by atoms with Gasteiger partial charge in [-0.05, 0) is 43.0 Å². The molecule has 0 fully saturated rings. The Morgan fingerprint density at radius 3 is 2.31 bits per heavy atom. The largest absolute Gasteiger partial charge is 0.309 e. The Morgan fingerprint density at radius 2 is 1.62 bits per heavy atom. The van der Waals surface area contributed by atoms with Gasteiger partial charge in [0, 0.05) is 42.2 Å². The van der Waals surface area contributed by atoms with Gasteiger partial charge in [-0.25, -0.2) is 0 Å². The normalized spacial score (nSPS) is 12.5. The fourth-order valence-electron chi connectivity index (χ4n) is 4.87. The summed E-state index contributed by atoms with van der Waals surface area (Å²) in [6.45, 7) is 16.6. The maximum atomic E-state index is 4.19. The number of allylic oxidation sites excluding steroid dienone is 5. The topological polar surface area (TPSA) is 4.93 Å². The van der Waals surface area contributed by atoms with Gasteiger partial charge in [-0.1, -0.05) is 80.4 Å². The molecule has 3 aromatic carbocycles. The third kappa shape index (κ3) is 2.70. The Labute approximate surface area is 192 Å². The first-order valence-corrected chi connectivity index (χ1v) is 11.6. The molecule has 0 N–H and O–H groups in total. The first-order chi connectivity index (χ1) is 15.7. The summed E-state index contributed by atoms with van der Waals surface area (Å²) in [6.07, 6.45) is 12.0. The highest BCUT2D eigenvalue weighted by molar-refractivity contribution is 7.27. The Morgan fingerprint density at radius 1 is 0.875 bits per heavy atom. The molecule has 0 spiro atoms. The van der Waals surface area contributed by atoms with Crippen LogP contribution in [0.15, 0.2) is 86.5 Å². The standard InChI is InChI=1S/C30H25NS/c1-6-13-20(14-7-2)31-25(9-4)21(8-3)26-22-16-10-11-17-23(22)30-27(28(26)31)24-18-12-15-19(5)29(24)32-30/h6-18H,1,3-4H2,2,5H3/b14-7-,20-13+. The summed E-state index contributed by atoms with van der Waals surface area (Å²) in [4.78, 5) is 0. The van der Waals surface area contributed by atoms with Crippen LogP contribution in [0.5, 0.6) is 0 Å². The Bertz CT molecular complexity index is 1630. The van der Waals surface area contributed by atoms with E-state index < -0.39 is 0 Å². The van der Waals surface area contributed by atoms with Crippen LogP contribution < -0.4 is 0 Å². The molecule has 2 aromatic heterocycles. The minimum atomic E-state index is 1.05. The number of aromatic nitrogens is 1. The maximum Gasteiger partial charge on any atom is 0.0640 e. The number of fused-ring (bicyclic) bond motifs is 8. The fraction of sp³-hybridized carbons (Fsp3) is 0.0667. The lowest BCUT2D eigenvalue weighted by Crippen LogP contribution is -1.98. The van der Waals surface area contributed by atoms with Crippen LogP contribution in [0, 0.1) is 6.92 Å². The van der Waals surface area contributed by atoms with E-state index in [1.165, 1.54) is 47.4 Å². The summed E-state index contributed by atoms with van der Waals surface area (Å²) in [5.74, 6) is 0. The molecule has 2 heteroatoms. The van der Waals surface area contributed by atoms with Gasteiger partial charge < -0.3 is 4.57 Å². The van der Waals surface area contributed by atoms with Crippen molar-refractivity contribution >= 4 is 71.0 Å². The van der Waals surface area contributed by atoms with E-state index in [1.807, 2.05) is 36.5 Å². The first-order valence-electron chi connectivity index (χ1n) is 10.8.